The highest BCUT2D eigenvalue weighted by Gasteiger charge is 2.77. The van der Waals surface area contributed by atoms with Crippen LogP contribution in [0.2, 0.25) is 0 Å². The summed E-state index contributed by atoms with van der Waals surface area (Å²) in [5.74, 6) is -5.92. The topological polar surface area (TPSA) is 104 Å². The van der Waals surface area contributed by atoms with Crippen LogP contribution in [-0.4, -0.2) is 51.7 Å². The van der Waals surface area contributed by atoms with Gasteiger partial charge in [0.2, 0.25) is 11.8 Å². The molecule has 2 saturated heterocycles. The van der Waals surface area contributed by atoms with Crippen molar-refractivity contribution in [2.45, 2.75) is 28.5 Å². The molecule has 2 aliphatic heterocycles. The molecule has 0 radical (unpaired) electrons. The molecule has 7 rings (SSSR count). The van der Waals surface area contributed by atoms with Gasteiger partial charge in [0.25, 0.3) is 11.8 Å². The van der Waals surface area contributed by atoms with Crippen molar-refractivity contribution in [1.82, 2.24) is 0 Å². The number of fused-ring (bicyclic) bond motifs is 4. The number of nitrogens with zero attached hydrogens (tertiary/aromatic N) is 2. The monoisotopic (exact) mass is 648 g/mol. The normalized spacial score (nSPS) is 30.6. The summed E-state index contributed by atoms with van der Waals surface area (Å²) in [5, 5.41) is 9.50. The molecule has 8 nitrogen and oxygen atoms in total. The van der Waals surface area contributed by atoms with Gasteiger partial charge in [-0.3, -0.25) is 24.1 Å². The number of amides is 4. The number of ether oxygens (including phenoxy) is 1. The van der Waals surface area contributed by atoms with Crippen molar-refractivity contribution < 1.29 is 33.4 Å². The summed E-state index contributed by atoms with van der Waals surface area (Å²) in [7, 11) is 0. The number of para-hydroxylation sites is 2. The lowest BCUT2D eigenvalue weighted by molar-refractivity contribution is -0.125. The van der Waals surface area contributed by atoms with Crippen molar-refractivity contribution in [2.75, 3.05) is 23.0 Å². The fraction of sp³-hybridized carbons (Fsp3) is 0.294. The van der Waals surface area contributed by atoms with E-state index in [4.69, 9.17) is 27.9 Å². The molecule has 3 aromatic carbocycles. The fourth-order valence-corrected chi connectivity index (χ4v) is 8.51. The first kappa shape index (κ1) is 29.6. The smallest absolute Gasteiger partial charge is 0.258 e. The zero-order valence-electron chi connectivity index (χ0n) is 23.7. The van der Waals surface area contributed by atoms with Gasteiger partial charge < -0.3 is 9.84 Å². The maximum absolute atomic E-state index is 14.5. The predicted octanol–water partition coefficient (Wildman–Crippen LogP) is 4.96. The van der Waals surface area contributed by atoms with Crippen LogP contribution >= 0.6 is 23.2 Å². The third kappa shape index (κ3) is 4.14. The third-order valence-electron chi connectivity index (χ3n) is 9.49. The summed E-state index contributed by atoms with van der Waals surface area (Å²) in [6.07, 6.45) is 1.87. The number of anilines is 2. The summed E-state index contributed by atoms with van der Waals surface area (Å²) >= 11 is 14.8. The summed E-state index contributed by atoms with van der Waals surface area (Å²) in [6, 6.07) is 20.3. The zero-order valence-corrected chi connectivity index (χ0v) is 25.2. The average Bonchev–Trinajstić information content (AvgIpc) is 3.39. The number of rotatable bonds is 6. The van der Waals surface area contributed by atoms with Gasteiger partial charge in [-0.15, -0.1) is 23.2 Å². The second-order valence-electron chi connectivity index (χ2n) is 11.7. The van der Waals surface area contributed by atoms with E-state index in [-0.39, 0.29) is 37.6 Å². The number of allylic oxidation sites excluding steroid dienone is 2. The van der Waals surface area contributed by atoms with E-state index in [1.165, 1.54) is 17.0 Å². The lowest BCUT2D eigenvalue weighted by Gasteiger charge is -2.50. The predicted molar refractivity (Wildman–Crippen MR) is 165 cm³/mol. The van der Waals surface area contributed by atoms with E-state index in [2.05, 4.69) is 0 Å². The summed E-state index contributed by atoms with van der Waals surface area (Å²) in [4.78, 5) is 54.6. The van der Waals surface area contributed by atoms with E-state index < -0.39 is 57.0 Å². The minimum Gasteiger partial charge on any atom is -0.491 e. The molecular weight excluding hydrogens is 622 g/mol. The Morgan fingerprint density at radius 2 is 1.49 bits per heavy atom. The van der Waals surface area contributed by atoms with Crippen LogP contribution in [0.3, 0.4) is 0 Å². The van der Waals surface area contributed by atoms with E-state index in [0.29, 0.717) is 22.6 Å². The molecule has 2 aliphatic carbocycles. The summed E-state index contributed by atoms with van der Waals surface area (Å²) < 4.78 is 19.7. The largest absolute Gasteiger partial charge is 0.491 e. The SMILES string of the molecule is O=C1[C@H]2[C@H](CC=C3[C@H]2C[C@@]2(Cl)C(=O)N(c4ccc(F)cc4)C(=O)[C@@]2(Cl)[C@H]3c2ccccc2OCCO)C(=O)N1c1ccccc1. The van der Waals surface area contributed by atoms with E-state index >= 15 is 0 Å². The van der Waals surface area contributed by atoms with Crippen LogP contribution in [0.5, 0.6) is 5.75 Å². The Morgan fingerprint density at radius 1 is 0.822 bits per heavy atom. The number of alkyl halides is 2. The molecule has 1 N–H and O–H groups in total. The van der Waals surface area contributed by atoms with Gasteiger partial charge >= 0.3 is 0 Å². The zero-order chi connectivity index (χ0) is 31.7. The standard InChI is InChI=1S/C34H27Cl2FN2O6/c35-33-18-25-22(14-15-24-27(25)30(42)38(29(24)41)20-6-2-1-3-7-20)28(23-8-4-5-9-26(23)45-17-16-40)34(33,36)32(44)39(31(33)43)21-12-10-19(37)11-13-21/h1-14,24-25,27-28,40H,15-18H2/t24-,25+,27-,28+,33+,34-/m0/s1. The van der Waals surface area contributed by atoms with Gasteiger partial charge in [-0.05, 0) is 61.2 Å². The Balaban J connectivity index is 1.41. The van der Waals surface area contributed by atoms with Crippen molar-refractivity contribution in [3.05, 3.63) is 102 Å². The number of benzene rings is 3. The van der Waals surface area contributed by atoms with E-state index in [0.717, 1.165) is 17.0 Å². The van der Waals surface area contributed by atoms with Gasteiger partial charge in [0.15, 0.2) is 9.75 Å². The van der Waals surface area contributed by atoms with Crippen molar-refractivity contribution in [1.29, 1.82) is 0 Å². The molecule has 1 saturated carbocycles. The van der Waals surface area contributed by atoms with Crippen LogP contribution in [0, 0.1) is 23.6 Å². The van der Waals surface area contributed by atoms with Gasteiger partial charge in [0.05, 0.1) is 29.8 Å². The molecule has 4 amide bonds. The minimum absolute atomic E-state index is 0.0498. The molecule has 3 fully saturated rings. The van der Waals surface area contributed by atoms with Gasteiger partial charge in [0, 0.05) is 11.5 Å². The molecular formula is C34H27Cl2FN2O6. The van der Waals surface area contributed by atoms with Crippen LogP contribution in [0.1, 0.15) is 24.3 Å². The number of imide groups is 2. The number of aliphatic hydroxyl groups is 1. The molecule has 45 heavy (non-hydrogen) atoms. The van der Waals surface area contributed by atoms with Gasteiger partial charge in [-0.1, -0.05) is 48.0 Å². The van der Waals surface area contributed by atoms with E-state index in [9.17, 15) is 28.7 Å². The van der Waals surface area contributed by atoms with Gasteiger partial charge in [0.1, 0.15) is 18.2 Å². The van der Waals surface area contributed by atoms with E-state index in [1.807, 2.05) is 6.08 Å². The molecule has 2 heterocycles. The lowest BCUT2D eigenvalue weighted by atomic mass is 9.56. The third-order valence-corrected chi connectivity index (χ3v) is 10.9. The molecule has 0 aromatic heterocycles. The van der Waals surface area contributed by atoms with Crippen molar-refractivity contribution in [3.63, 3.8) is 0 Å². The molecule has 0 unspecified atom stereocenters. The number of carbonyl (C=O) groups is 4. The van der Waals surface area contributed by atoms with Crippen molar-refractivity contribution in [2.24, 2.45) is 17.8 Å². The van der Waals surface area contributed by atoms with E-state index in [1.54, 1.807) is 54.6 Å². The second-order valence-corrected chi connectivity index (χ2v) is 12.9. The highest BCUT2D eigenvalue weighted by Crippen LogP contribution is 2.66. The highest BCUT2D eigenvalue weighted by molar-refractivity contribution is 6.58. The molecule has 0 bridgehead atoms. The second kappa shape index (κ2) is 10.8. The Labute approximate surface area is 268 Å². The first-order valence-corrected chi connectivity index (χ1v) is 15.4. The maximum Gasteiger partial charge on any atom is 0.258 e. The molecule has 230 valence electrons. The number of hydrogen-bond donors (Lipinski definition) is 1. The lowest BCUT2D eigenvalue weighted by Crippen LogP contribution is -2.60. The highest BCUT2D eigenvalue weighted by atomic mass is 35.5. The number of aliphatic hydroxyl groups excluding tert-OH is 1. The maximum atomic E-state index is 14.5. The first-order chi connectivity index (χ1) is 21.6. The molecule has 0 spiro atoms. The Bertz CT molecular complexity index is 1770. The molecule has 11 heteroatoms. The number of hydrogen-bond acceptors (Lipinski definition) is 6. The molecule has 3 aromatic rings. The molecule has 6 atom stereocenters. The Morgan fingerprint density at radius 3 is 2.20 bits per heavy atom. The Kier molecular flexibility index (Phi) is 7.11. The van der Waals surface area contributed by atoms with Crippen LogP contribution in [0.15, 0.2) is 90.5 Å². The first-order valence-electron chi connectivity index (χ1n) is 14.6. The summed E-state index contributed by atoms with van der Waals surface area (Å²) in [6.45, 7) is -0.326. The summed E-state index contributed by atoms with van der Waals surface area (Å²) in [5.41, 5.74) is 1.60. The van der Waals surface area contributed by atoms with Crippen LogP contribution in [0.25, 0.3) is 0 Å². The van der Waals surface area contributed by atoms with Crippen molar-refractivity contribution in [3.8, 4) is 5.75 Å². The van der Waals surface area contributed by atoms with Crippen LogP contribution in [0.4, 0.5) is 15.8 Å². The van der Waals surface area contributed by atoms with Crippen LogP contribution < -0.4 is 14.5 Å². The van der Waals surface area contributed by atoms with Gasteiger partial charge in [-0.25, -0.2) is 9.29 Å². The Hall–Kier alpha value is -4.05. The minimum atomic E-state index is -2.08. The molecule has 4 aliphatic rings. The number of halogens is 3. The van der Waals surface area contributed by atoms with Crippen LogP contribution in [-0.2, 0) is 19.2 Å². The quantitative estimate of drug-likeness (QED) is 0.230. The number of carbonyl (C=O) groups excluding carboxylic acids is 4. The van der Waals surface area contributed by atoms with Gasteiger partial charge in [-0.2, -0.15) is 0 Å². The average molecular weight is 650 g/mol. The van der Waals surface area contributed by atoms with Crippen molar-refractivity contribution >= 4 is 58.2 Å². The fourth-order valence-electron chi connectivity index (χ4n) is 7.58.